The first kappa shape index (κ1) is 23.8. The lowest BCUT2D eigenvalue weighted by Crippen LogP contribution is -2.44. The van der Waals surface area contributed by atoms with Gasteiger partial charge in [0.2, 0.25) is 5.91 Å². The fourth-order valence-corrected chi connectivity index (χ4v) is 4.09. The first-order valence-corrected chi connectivity index (χ1v) is 10.5. The van der Waals surface area contributed by atoms with Crippen molar-refractivity contribution in [2.75, 3.05) is 59.0 Å². The van der Waals surface area contributed by atoms with Crippen LogP contribution in [0, 0.1) is 0 Å². The molecule has 3 heterocycles. The topological polar surface area (TPSA) is 98.3 Å². The van der Waals surface area contributed by atoms with Gasteiger partial charge in [0.1, 0.15) is 0 Å². The van der Waals surface area contributed by atoms with Crippen molar-refractivity contribution in [3.8, 4) is 0 Å². The summed E-state index contributed by atoms with van der Waals surface area (Å²) in [6.07, 6.45) is 0. The maximum absolute atomic E-state index is 11.7. The van der Waals surface area contributed by atoms with E-state index in [1.165, 1.54) is 9.78 Å². The van der Waals surface area contributed by atoms with Gasteiger partial charge in [-0.15, -0.1) is 35.3 Å². The summed E-state index contributed by atoms with van der Waals surface area (Å²) < 4.78 is 5.49. The van der Waals surface area contributed by atoms with Gasteiger partial charge in [-0.2, -0.15) is 0 Å². The van der Waals surface area contributed by atoms with Crippen molar-refractivity contribution in [2.24, 2.45) is 4.99 Å². The Morgan fingerprint density at radius 2 is 2.14 bits per heavy atom. The molecule has 2 fully saturated rings. The number of urea groups is 1. The van der Waals surface area contributed by atoms with E-state index in [4.69, 9.17) is 9.73 Å². The lowest BCUT2D eigenvalue weighted by atomic mass is 10.2. The molecular formula is C18H29IN6O3S. The van der Waals surface area contributed by atoms with E-state index < -0.39 is 0 Å². The summed E-state index contributed by atoms with van der Waals surface area (Å²) in [5.74, 6) is 0.489. The summed E-state index contributed by atoms with van der Waals surface area (Å²) in [5, 5.41) is 11.1. The maximum atomic E-state index is 11.7. The van der Waals surface area contributed by atoms with Crippen LogP contribution in [0.2, 0.25) is 0 Å². The molecule has 1 aromatic rings. The fourth-order valence-electron chi connectivity index (χ4n) is 3.24. The molecule has 1 atom stereocenters. The fraction of sp³-hybridized carbons (Fsp3) is 0.611. The zero-order valence-corrected chi connectivity index (χ0v) is 19.7. The van der Waals surface area contributed by atoms with Crippen LogP contribution < -0.4 is 16.0 Å². The van der Waals surface area contributed by atoms with Crippen LogP contribution in [0.4, 0.5) is 4.79 Å². The number of thiophene rings is 1. The Labute approximate surface area is 192 Å². The summed E-state index contributed by atoms with van der Waals surface area (Å²) in [6.45, 7) is 7.49. The van der Waals surface area contributed by atoms with Gasteiger partial charge in [-0.3, -0.25) is 19.6 Å². The molecule has 29 heavy (non-hydrogen) atoms. The minimum Gasteiger partial charge on any atom is -0.379 e. The van der Waals surface area contributed by atoms with Gasteiger partial charge in [0, 0.05) is 37.6 Å². The molecule has 3 rings (SSSR count). The molecule has 0 saturated carbocycles. The van der Waals surface area contributed by atoms with Gasteiger partial charge < -0.3 is 20.7 Å². The van der Waals surface area contributed by atoms with E-state index in [0.29, 0.717) is 25.6 Å². The molecule has 0 aliphatic carbocycles. The average Bonchev–Trinajstić information content (AvgIpc) is 3.34. The number of imide groups is 1. The molecule has 11 heteroatoms. The number of carbonyl (C=O) groups excluding carboxylic acids is 2. The van der Waals surface area contributed by atoms with Gasteiger partial charge in [-0.1, -0.05) is 6.07 Å². The number of aliphatic imine (C=N–C) groups is 1. The number of hydrogen-bond donors (Lipinski definition) is 3. The molecule has 0 bridgehead atoms. The molecule has 1 unspecified atom stereocenters. The van der Waals surface area contributed by atoms with Crippen LogP contribution >= 0.6 is 35.3 Å². The molecule has 9 nitrogen and oxygen atoms in total. The Morgan fingerprint density at radius 1 is 1.34 bits per heavy atom. The van der Waals surface area contributed by atoms with Gasteiger partial charge in [0.05, 0.1) is 32.3 Å². The highest BCUT2D eigenvalue weighted by Crippen LogP contribution is 2.26. The molecule has 2 aliphatic rings. The highest BCUT2D eigenvalue weighted by molar-refractivity contribution is 14.0. The Hall–Kier alpha value is -1.44. The molecule has 1 aromatic heterocycles. The quantitative estimate of drug-likeness (QED) is 0.197. The number of guanidine groups is 1. The smallest absolute Gasteiger partial charge is 0.324 e. The lowest BCUT2D eigenvalue weighted by Gasteiger charge is -2.33. The van der Waals surface area contributed by atoms with Crippen LogP contribution in [0.1, 0.15) is 17.8 Å². The van der Waals surface area contributed by atoms with E-state index in [2.05, 4.69) is 38.4 Å². The number of rotatable bonds is 8. The van der Waals surface area contributed by atoms with Gasteiger partial charge in [-0.05, 0) is 18.4 Å². The van der Waals surface area contributed by atoms with Gasteiger partial charge in [-0.25, -0.2) is 4.79 Å². The van der Waals surface area contributed by atoms with Crippen molar-refractivity contribution < 1.29 is 14.3 Å². The predicted molar refractivity (Wildman–Crippen MR) is 124 cm³/mol. The van der Waals surface area contributed by atoms with E-state index in [0.717, 1.165) is 32.8 Å². The van der Waals surface area contributed by atoms with Crippen molar-refractivity contribution >= 4 is 53.2 Å². The first-order chi connectivity index (χ1) is 13.7. The first-order valence-electron chi connectivity index (χ1n) is 9.64. The number of ether oxygens (including phenoxy) is 1. The number of hydrogen-bond acceptors (Lipinski definition) is 6. The molecule has 162 valence electrons. The second kappa shape index (κ2) is 12.3. The largest absolute Gasteiger partial charge is 0.379 e. The molecular weight excluding hydrogens is 507 g/mol. The monoisotopic (exact) mass is 536 g/mol. The van der Waals surface area contributed by atoms with Crippen LogP contribution in [0.5, 0.6) is 0 Å². The Bertz CT molecular complexity index is 665. The number of morpholine rings is 1. The molecule has 3 N–H and O–H groups in total. The standard InChI is InChI=1S/C18H28N6O3S.HI/c1-2-19-17(20-5-6-24-16(25)13-22-18(24)26)21-12-14(15-4-3-11-28-15)23-7-9-27-10-8-23;/h3-4,11,14H,2,5-10,12-13H2,1H3,(H,22,26)(H2,19,20,21);1H. The summed E-state index contributed by atoms with van der Waals surface area (Å²) in [4.78, 5) is 33.0. The average molecular weight is 536 g/mol. The third-order valence-corrected chi connectivity index (χ3v) is 5.66. The third-order valence-electron chi connectivity index (χ3n) is 4.69. The van der Waals surface area contributed by atoms with E-state index in [1.54, 1.807) is 11.3 Å². The number of halogens is 1. The highest BCUT2D eigenvalue weighted by atomic mass is 127. The second-order valence-corrected chi connectivity index (χ2v) is 7.51. The van der Waals surface area contributed by atoms with E-state index in [1.807, 2.05) is 6.92 Å². The van der Waals surface area contributed by atoms with Crippen molar-refractivity contribution in [3.63, 3.8) is 0 Å². The van der Waals surface area contributed by atoms with Crippen molar-refractivity contribution in [2.45, 2.75) is 13.0 Å². The van der Waals surface area contributed by atoms with E-state index >= 15 is 0 Å². The molecule has 0 spiro atoms. The van der Waals surface area contributed by atoms with Gasteiger partial charge in [0.25, 0.3) is 0 Å². The second-order valence-electron chi connectivity index (χ2n) is 6.53. The van der Waals surface area contributed by atoms with Crippen molar-refractivity contribution in [3.05, 3.63) is 22.4 Å². The Kier molecular flexibility index (Phi) is 10.1. The van der Waals surface area contributed by atoms with Crippen LogP contribution in [0.3, 0.4) is 0 Å². The van der Waals surface area contributed by atoms with Crippen LogP contribution in [0.15, 0.2) is 22.5 Å². The van der Waals surface area contributed by atoms with Crippen LogP contribution in [0.25, 0.3) is 0 Å². The van der Waals surface area contributed by atoms with Crippen LogP contribution in [-0.4, -0.2) is 86.7 Å². The molecule has 0 radical (unpaired) electrons. The van der Waals surface area contributed by atoms with E-state index in [-0.39, 0.29) is 48.5 Å². The molecule has 2 saturated heterocycles. The summed E-state index contributed by atoms with van der Waals surface area (Å²) in [6, 6.07) is 4.10. The number of nitrogens with zero attached hydrogens (tertiary/aromatic N) is 3. The van der Waals surface area contributed by atoms with Gasteiger partial charge >= 0.3 is 6.03 Å². The van der Waals surface area contributed by atoms with Gasteiger partial charge in [0.15, 0.2) is 5.96 Å². The minimum atomic E-state index is -0.334. The Balaban J connectivity index is 0.00000300. The predicted octanol–water partition coefficient (Wildman–Crippen LogP) is 0.846. The van der Waals surface area contributed by atoms with E-state index in [9.17, 15) is 9.59 Å². The molecule has 0 aromatic carbocycles. The molecule has 3 amide bonds. The lowest BCUT2D eigenvalue weighted by molar-refractivity contribution is -0.124. The van der Waals surface area contributed by atoms with Crippen molar-refractivity contribution in [1.82, 2.24) is 25.8 Å². The van der Waals surface area contributed by atoms with Crippen molar-refractivity contribution in [1.29, 1.82) is 0 Å². The number of carbonyl (C=O) groups is 2. The third kappa shape index (κ3) is 6.79. The minimum absolute atomic E-state index is 0. The SMILES string of the molecule is CCNC(=NCC(c1cccs1)N1CCOCC1)NCCN1C(=O)CNC1=O.I. The summed E-state index contributed by atoms with van der Waals surface area (Å²) >= 11 is 1.74. The summed E-state index contributed by atoms with van der Waals surface area (Å²) in [5.41, 5.74) is 0. The zero-order valence-electron chi connectivity index (χ0n) is 16.6. The Morgan fingerprint density at radius 3 is 2.76 bits per heavy atom. The normalized spacial score (nSPS) is 18.9. The number of nitrogens with one attached hydrogen (secondary N) is 3. The zero-order chi connectivity index (χ0) is 19.8. The highest BCUT2D eigenvalue weighted by Gasteiger charge is 2.28. The van der Waals surface area contributed by atoms with Crippen LogP contribution in [-0.2, 0) is 9.53 Å². The molecule has 2 aliphatic heterocycles. The summed E-state index contributed by atoms with van der Waals surface area (Å²) in [7, 11) is 0. The maximum Gasteiger partial charge on any atom is 0.324 e. The number of amides is 3.